The van der Waals surface area contributed by atoms with Crippen LogP contribution in [0.25, 0.3) is 6.08 Å². The minimum atomic E-state index is -0.138. The summed E-state index contributed by atoms with van der Waals surface area (Å²) in [6.07, 6.45) is 1.84. The van der Waals surface area contributed by atoms with Gasteiger partial charge in [-0.25, -0.2) is 9.98 Å². The van der Waals surface area contributed by atoms with E-state index in [1.807, 2.05) is 86.7 Å². The minimum absolute atomic E-state index is 0.138. The largest absolute Gasteiger partial charge is 0.493 e. The zero-order valence-electron chi connectivity index (χ0n) is 18.1. The Labute approximate surface area is 191 Å². The van der Waals surface area contributed by atoms with Gasteiger partial charge in [0.15, 0.2) is 22.5 Å². The number of amidine groups is 1. The molecule has 0 spiro atoms. The quantitative estimate of drug-likeness (QED) is 0.462. The number of rotatable bonds is 6. The summed E-state index contributed by atoms with van der Waals surface area (Å²) in [6, 6.07) is 20.7. The van der Waals surface area contributed by atoms with Gasteiger partial charge in [0.2, 0.25) is 0 Å². The molecule has 0 saturated carbocycles. The Hall–Kier alpha value is -3.58. The van der Waals surface area contributed by atoms with E-state index in [0.29, 0.717) is 34.0 Å². The van der Waals surface area contributed by atoms with E-state index in [9.17, 15) is 4.79 Å². The van der Waals surface area contributed by atoms with Crippen molar-refractivity contribution in [2.45, 2.75) is 13.8 Å². The maximum absolute atomic E-state index is 13.4. The van der Waals surface area contributed by atoms with E-state index in [4.69, 9.17) is 9.47 Å². The van der Waals surface area contributed by atoms with Crippen LogP contribution in [0.4, 0.5) is 11.5 Å². The standard InChI is InChI=1S/C25H23N3O3S/c1-4-31-20-14-13-18(15-21(20)30-3)16-22-24(29)28(19-10-6-5-7-11-19)25(32-22)27-23-12-8-9-17(2)26-23/h5-16H,4H2,1-3H3/b22-16-,27-25+. The van der Waals surface area contributed by atoms with Crippen LogP contribution in [0, 0.1) is 6.92 Å². The normalized spacial score (nSPS) is 16.1. The number of hydrogen-bond donors (Lipinski definition) is 0. The van der Waals surface area contributed by atoms with E-state index in [1.165, 1.54) is 11.8 Å². The first kappa shape index (κ1) is 21.6. The number of hydrogen-bond acceptors (Lipinski definition) is 6. The molecule has 3 aromatic rings. The van der Waals surface area contributed by atoms with Crippen LogP contribution in [0.5, 0.6) is 11.5 Å². The van der Waals surface area contributed by atoms with Crippen molar-refractivity contribution < 1.29 is 14.3 Å². The molecule has 1 aliphatic rings. The van der Waals surface area contributed by atoms with Crippen molar-refractivity contribution in [1.29, 1.82) is 0 Å². The molecule has 6 nitrogen and oxygen atoms in total. The Morgan fingerprint density at radius 1 is 1.06 bits per heavy atom. The number of anilines is 1. The third-order valence-corrected chi connectivity index (χ3v) is 5.66. The second-order valence-corrected chi connectivity index (χ2v) is 7.97. The average molecular weight is 446 g/mol. The second-order valence-electron chi connectivity index (χ2n) is 6.96. The van der Waals surface area contributed by atoms with Crippen LogP contribution >= 0.6 is 11.8 Å². The molecule has 0 radical (unpaired) electrons. The van der Waals surface area contributed by atoms with Gasteiger partial charge >= 0.3 is 0 Å². The number of carbonyl (C=O) groups is 1. The van der Waals surface area contributed by atoms with Crippen LogP contribution in [0.2, 0.25) is 0 Å². The summed E-state index contributed by atoms with van der Waals surface area (Å²) >= 11 is 1.32. The molecule has 0 N–H and O–H groups in total. The monoisotopic (exact) mass is 445 g/mol. The topological polar surface area (TPSA) is 64.0 Å². The highest BCUT2D eigenvalue weighted by molar-refractivity contribution is 8.19. The SMILES string of the molecule is CCOc1ccc(/C=C2\S/C(=N/c3cccc(C)n3)N(c3ccccc3)C2=O)cc1OC. The zero-order valence-corrected chi connectivity index (χ0v) is 18.9. The summed E-state index contributed by atoms with van der Waals surface area (Å²) in [4.78, 5) is 24.7. The van der Waals surface area contributed by atoms with E-state index < -0.39 is 0 Å². The summed E-state index contributed by atoms with van der Waals surface area (Å²) in [7, 11) is 1.60. The van der Waals surface area contributed by atoms with Gasteiger partial charge in [0.25, 0.3) is 5.91 Å². The molecule has 0 aliphatic carbocycles. The maximum atomic E-state index is 13.4. The van der Waals surface area contributed by atoms with Gasteiger partial charge in [0.1, 0.15) is 0 Å². The number of aliphatic imine (C=N–C) groups is 1. The Balaban J connectivity index is 1.74. The van der Waals surface area contributed by atoms with E-state index in [1.54, 1.807) is 12.0 Å². The second kappa shape index (κ2) is 9.70. The summed E-state index contributed by atoms with van der Waals surface area (Å²) in [5, 5.41) is 0.559. The number of amides is 1. The molecule has 32 heavy (non-hydrogen) atoms. The molecule has 2 aromatic carbocycles. The molecule has 1 aromatic heterocycles. The smallest absolute Gasteiger partial charge is 0.271 e. The molecular formula is C25H23N3O3S. The molecule has 162 valence electrons. The Morgan fingerprint density at radius 2 is 1.88 bits per heavy atom. The fourth-order valence-electron chi connectivity index (χ4n) is 3.24. The van der Waals surface area contributed by atoms with Gasteiger partial charge in [-0.2, -0.15) is 0 Å². The lowest BCUT2D eigenvalue weighted by molar-refractivity contribution is -0.113. The highest BCUT2D eigenvalue weighted by Crippen LogP contribution is 2.38. The number of methoxy groups -OCH3 is 1. The third kappa shape index (κ3) is 4.68. The van der Waals surface area contributed by atoms with Gasteiger partial charge in [-0.05, 0) is 73.6 Å². The fourth-order valence-corrected chi connectivity index (χ4v) is 4.23. The number of carbonyl (C=O) groups excluding carboxylic acids is 1. The lowest BCUT2D eigenvalue weighted by Crippen LogP contribution is -2.28. The number of para-hydroxylation sites is 1. The fraction of sp³-hybridized carbons (Fsp3) is 0.160. The number of benzene rings is 2. The number of nitrogens with zero attached hydrogens (tertiary/aromatic N) is 3. The van der Waals surface area contributed by atoms with Crippen molar-refractivity contribution in [3.05, 3.63) is 82.9 Å². The summed E-state index contributed by atoms with van der Waals surface area (Å²) in [5.41, 5.74) is 2.46. The average Bonchev–Trinajstić information content (AvgIpc) is 3.10. The highest BCUT2D eigenvalue weighted by Gasteiger charge is 2.34. The first-order valence-corrected chi connectivity index (χ1v) is 11.0. The maximum Gasteiger partial charge on any atom is 0.271 e. The van der Waals surface area contributed by atoms with E-state index in [-0.39, 0.29) is 5.91 Å². The molecule has 0 unspecified atom stereocenters. The number of thioether (sulfide) groups is 1. The van der Waals surface area contributed by atoms with Gasteiger partial charge in [-0.15, -0.1) is 0 Å². The molecule has 0 atom stereocenters. The van der Waals surface area contributed by atoms with Gasteiger partial charge < -0.3 is 9.47 Å². The molecule has 2 heterocycles. The number of ether oxygens (including phenoxy) is 2. The third-order valence-electron chi connectivity index (χ3n) is 4.69. The molecule has 7 heteroatoms. The summed E-state index contributed by atoms with van der Waals surface area (Å²) < 4.78 is 11.0. The molecule has 0 bridgehead atoms. The predicted molar refractivity (Wildman–Crippen MR) is 130 cm³/mol. The molecule has 1 saturated heterocycles. The van der Waals surface area contributed by atoms with Crippen LogP contribution in [-0.2, 0) is 4.79 Å². The number of aryl methyl sites for hydroxylation is 1. The molecular weight excluding hydrogens is 422 g/mol. The van der Waals surface area contributed by atoms with E-state index >= 15 is 0 Å². The Kier molecular flexibility index (Phi) is 6.56. The predicted octanol–water partition coefficient (Wildman–Crippen LogP) is 5.61. The Morgan fingerprint density at radius 3 is 2.59 bits per heavy atom. The van der Waals surface area contributed by atoms with Crippen LogP contribution in [0.3, 0.4) is 0 Å². The number of pyridine rings is 1. The molecule has 1 aliphatic heterocycles. The number of aromatic nitrogens is 1. The van der Waals surface area contributed by atoms with Crippen molar-refractivity contribution in [2.75, 3.05) is 18.6 Å². The van der Waals surface area contributed by atoms with Gasteiger partial charge in [-0.1, -0.05) is 30.3 Å². The van der Waals surface area contributed by atoms with Crippen LogP contribution < -0.4 is 14.4 Å². The van der Waals surface area contributed by atoms with Crippen molar-refractivity contribution >= 4 is 40.4 Å². The molecule has 1 fully saturated rings. The van der Waals surface area contributed by atoms with Crippen molar-refractivity contribution in [3.8, 4) is 11.5 Å². The Bertz CT molecular complexity index is 1190. The first-order valence-electron chi connectivity index (χ1n) is 10.2. The van der Waals surface area contributed by atoms with Gasteiger partial charge in [0.05, 0.1) is 24.3 Å². The van der Waals surface area contributed by atoms with Crippen LogP contribution in [-0.4, -0.2) is 29.8 Å². The summed E-state index contributed by atoms with van der Waals surface area (Å²) in [5.74, 6) is 1.71. The van der Waals surface area contributed by atoms with E-state index in [0.717, 1.165) is 16.9 Å². The molecule has 1 amide bonds. The van der Waals surface area contributed by atoms with Crippen LogP contribution in [0.1, 0.15) is 18.2 Å². The lowest BCUT2D eigenvalue weighted by atomic mass is 10.2. The van der Waals surface area contributed by atoms with Gasteiger partial charge in [0, 0.05) is 5.69 Å². The van der Waals surface area contributed by atoms with Crippen molar-refractivity contribution in [1.82, 2.24) is 4.98 Å². The van der Waals surface area contributed by atoms with Crippen molar-refractivity contribution in [3.63, 3.8) is 0 Å². The van der Waals surface area contributed by atoms with Crippen LogP contribution in [0.15, 0.2) is 76.6 Å². The molecule has 4 rings (SSSR count). The van der Waals surface area contributed by atoms with E-state index in [2.05, 4.69) is 9.98 Å². The lowest BCUT2D eigenvalue weighted by Gasteiger charge is -2.15. The van der Waals surface area contributed by atoms with Gasteiger partial charge in [-0.3, -0.25) is 9.69 Å². The first-order chi connectivity index (χ1) is 15.6. The summed E-state index contributed by atoms with van der Waals surface area (Å²) in [6.45, 7) is 4.38. The van der Waals surface area contributed by atoms with Crippen molar-refractivity contribution in [2.24, 2.45) is 4.99 Å². The zero-order chi connectivity index (χ0) is 22.5. The highest BCUT2D eigenvalue weighted by atomic mass is 32.2. The minimum Gasteiger partial charge on any atom is -0.493 e.